The van der Waals surface area contributed by atoms with Crippen molar-refractivity contribution in [2.45, 2.75) is 6.18 Å². The Hall–Kier alpha value is -1.45. The van der Waals surface area contributed by atoms with Crippen molar-refractivity contribution < 1.29 is 13.2 Å². The number of nitrogens with two attached hydrogens (primary N) is 1. The van der Waals surface area contributed by atoms with Crippen molar-refractivity contribution in [2.75, 3.05) is 5.73 Å². The molecule has 0 aliphatic carbocycles. The largest absolute Gasteiger partial charge is 0.416 e. The minimum absolute atomic E-state index is 0.294. The Labute approximate surface area is 73.7 Å². The first-order chi connectivity index (χ1) is 5.95. The normalized spacial score (nSPS) is 11.3. The van der Waals surface area contributed by atoms with Gasteiger partial charge in [0.25, 0.3) is 0 Å². The molecule has 0 aliphatic rings. The van der Waals surface area contributed by atoms with Crippen LogP contribution in [-0.2, 0) is 6.18 Å². The van der Waals surface area contributed by atoms with Crippen LogP contribution < -0.4 is 5.73 Å². The van der Waals surface area contributed by atoms with Crippen LogP contribution in [0.2, 0.25) is 0 Å². The topological polar surface area (TPSA) is 26.0 Å². The molecule has 4 heteroatoms. The summed E-state index contributed by atoms with van der Waals surface area (Å²) >= 11 is 0. The third kappa shape index (κ3) is 2.02. The summed E-state index contributed by atoms with van der Waals surface area (Å²) in [4.78, 5) is 0. The van der Waals surface area contributed by atoms with Crippen molar-refractivity contribution in [3.63, 3.8) is 0 Å². The number of alkyl halides is 3. The van der Waals surface area contributed by atoms with E-state index in [1.165, 1.54) is 12.1 Å². The number of hydrogen-bond donors (Lipinski definition) is 1. The molecule has 0 spiro atoms. The van der Waals surface area contributed by atoms with E-state index in [2.05, 4.69) is 6.58 Å². The van der Waals surface area contributed by atoms with E-state index in [-0.39, 0.29) is 0 Å². The van der Waals surface area contributed by atoms with Crippen LogP contribution in [0, 0.1) is 0 Å². The average molecular weight is 187 g/mol. The summed E-state index contributed by atoms with van der Waals surface area (Å²) in [6.07, 6.45) is -3.03. The fourth-order valence-electron chi connectivity index (χ4n) is 0.928. The molecule has 0 atom stereocenters. The zero-order valence-electron chi connectivity index (χ0n) is 6.73. The Balaban J connectivity index is 3.21. The van der Waals surface area contributed by atoms with Gasteiger partial charge in [0, 0.05) is 5.69 Å². The molecule has 0 saturated heterocycles. The summed E-state index contributed by atoms with van der Waals surface area (Å²) in [5, 5.41) is 0. The van der Waals surface area contributed by atoms with Gasteiger partial charge >= 0.3 is 6.18 Å². The van der Waals surface area contributed by atoms with Crippen LogP contribution in [0.4, 0.5) is 18.9 Å². The SMILES string of the molecule is C=Cc1cc(C(F)(F)F)ccc1N. The van der Waals surface area contributed by atoms with Crippen LogP contribution in [0.1, 0.15) is 11.1 Å². The average Bonchev–Trinajstić information content (AvgIpc) is 2.03. The molecular weight excluding hydrogens is 179 g/mol. The lowest BCUT2D eigenvalue weighted by Crippen LogP contribution is -2.05. The van der Waals surface area contributed by atoms with Gasteiger partial charge in [0.15, 0.2) is 0 Å². The fraction of sp³-hybridized carbons (Fsp3) is 0.111. The first-order valence-corrected chi connectivity index (χ1v) is 3.54. The Morgan fingerprint density at radius 1 is 1.31 bits per heavy atom. The maximum Gasteiger partial charge on any atom is 0.416 e. The highest BCUT2D eigenvalue weighted by atomic mass is 19.4. The van der Waals surface area contributed by atoms with Crippen molar-refractivity contribution in [1.82, 2.24) is 0 Å². The van der Waals surface area contributed by atoms with E-state index in [4.69, 9.17) is 5.73 Å². The van der Waals surface area contributed by atoms with E-state index in [0.29, 0.717) is 11.3 Å². The Kier molecular flexibility index (Phi) is 2.32. The standard InChI is InChI=1S/C9H8F3N/c1-2-6-5-7(9(10,11)12)3-4-8(6)13/h2-5H,1,13H2. The van der Waals surface area contributed by atoms with Gasteiger partial charge in [0.1, 0.15) is 0 Å². The van der Waals surface area contributed by atoms with E-state index in [1.54, 1.807) is 0 Å². The maximum absolute atomic E-state index is 12.2. The number of hydrogen-bond acceptors (Lipinski definition) is 1. The zero-order chi connectivity index (χ0) is 10.1. The second-order valence-corrected chi connectivity index (χ2v) is 2.55. The summed E-state index contributed by atoms with van der Waals surface area (Å²) in [6, 6.07) is 3.14. The Bertz CT molecular complexity index is 328. The molecule has 0 amide bonds. The fourth-order valence-corrected chi connectivity index (χ4v) is 0.928. The lowest BCUT2D eigenvalue weighted by atomic mass is 10.1. The van der Waals surface area contributed by atoms with Crippen molar-refractivity contribution in [2.24, 2.45) is 0 Å². The molecule has 0 aliphatic heterocycles. The molecule has 0 aromatic heterocycles. The zero-order valence-corrected chi connectivity index (χ0v) is 6.73. The molecule has 0 unspecified atom stereocenters. The molecule has 0 saturated carbocycles. The Morgan fingerprint density at radius 3 is 2.38 bits per heavy atom. The van der Waals surface area contributed by atoms with E-state index >= 15 is 0 Å². The van der Waals surface area contributed by atoms with Gasteiger partial charge in [0.2, 0.25) is 0 Å². The predicted molar refractivity (Wildman–Crippen MR) is 45.9 cm³/mol. The highest BCUT2D eigenvalue weighted by molar-refractivity contribution is 5.64. The molecule has 1 aromatic rings. The summed E-state index contributed by atoms with van der Waals surface area (Å²) < 4.78 is 36.5. The minimum atomic E-state index is -4.33. The molecule has 13 heavy (non-hydrogen) atoms. The second-order valence-electron chi connectivity index (χ2n) is 2.55. The summed E-state index contributed by atoms with van der Waals surface area (Å²) in [6.45, 7) is 3.37. The van der Waals surface area contributed by atoms with Gasteiger partial charge in [-0.2, -0.15) is 13.2 Å². The van der Waals surface area contributed by atoms with E-state index in [1.807, 2.05) is 0 Å². The molecule has 1 nitrogen and oxygen atoms in total. The molecule has 1 aromatic carbocycles. The van der Waals surface area contributed by atoms with E-state index in [0.717, 1.165) is 12.1 Å². The van der Waals surface area contributed by atoms with Crippen LogP contribution in [0.25, 0.3) is 6.08 Å². The number of halogens is 3. The number of benzene rings is 1. The summed E-state index contributed by atoms with van der Waals surface area (Å²) in [5.41, 5.74) is 5.29. The lowest BCUT2D eigenvalue weighted by molar-refractivity contribution is -0.137. The lowest BCUT2D eigenvalue weighted by Gasteiger charge is -2.08. The van der Waals surface area contributed by atoms with Crippen LogP contribution in [0.5, 0.6) is 0 Å². The molecule has 1 rings (SSSR count). The molecular formula is C9H8F3N. The predicted octanol–water partition coefficient (Wildman–Crippen LogP) is 2.93. The van der Waals surface area contributed by atoms with Gasteiger partial charge in [-0.15, -0.1) is 0 Å². The van der Waals surface area contributed by atoms with Gasteiger partial charge < -0.3 is 5.73 Å². The molecule has 0 radical (unpaired) electrons. The van der Waals surface area contributed by atoms with Gasteiger partial charge in [-0.1, -0.05) is 12.7 Å². The first-order valence-electron chi connectivity index (χ1n) is 3.54. The highest BCUT2D eigenvalue weighted by Gasteiger charge is 2.30. The monoisotopic (exact) mass is 187 g/mol. The van der Waals surface area contributed by atoms with Crippen molar-refractivity contribution in [3.8, 4) is 0 Å². The van der Waals surface area contributed by atoms with Crippen molar-refractivity contribution in [3.05, 3.63) is 35.9 Å². The molecule has 70 valence electrons. The second kappa shape index (κ2) is 3.12. The van der Waals surface area contributed by atoms with Crippen LogP contribution in [-0.4, -0.2) is 0 Å². The maximum atomic E-state index is 12.2. The van der Waals surface area contributed by atoms with Crippen LogP contribution in [0.3, 0.4) is 0 Å². The summed E-state index contributed by atoms with van der Waals surface area (Å²) in [7, 11) is 0. The third-order valence-corrected chi connectivity index (χ3v) is 1.63. The third-order valence-electron chi connectivity index (χ3n) is 1.63. The smallest absolute Gasteiger partial charge is 0.398 e. The van der Waals surface area contributed by atoms with E-state index < -0.39 is 11.7 Å². The quantitative estimate of drug-likeness (QED) is 0.672. The molecule has 0 heterocycles. The van der Waals surface area contributed by atoms with E-state index in [9.17, 15) is 13.2 Å². The van der Waals surface area contributed by atoms with Gasteiger partial charge in [-0.25, -0.2) is 0 Å². The van der Waals surface area contributed by atoms with Crippen LogP contribution >= 0.6 is 0 Å². The van der Waals surface area contributed by atoms with Gasteiger partial charge in [-0.3, -0.25) is 0 Å². The molecule has 0 fully saturated rings. The Morgan fingerprint density at radius 2 is 1.92 bits per heavy atom. The van der Waals surface area contributed by atoms with Crippen molar-refractivity contribution >= 4 is 11.8 Å². The minimum Gasteiger partial charge on any atom is -0.398 e. The first kappa shape index (κ1) is 9.64. The molecule has 2 N–H and O–H groups in total. The van der Waals surface area contributed by atoms with Gasteiger partial charge in [0.05, 0.1) is 5.56 Å². The van der Waals surface area contributed by atoms with Gasteiger partial charge in [-0.05, 0) is 23.8 Å². The van der Waals surface area contributed by atoms with Crippen LogP contribution in [0.15, 0.2) is 24.8 Å². The molecule has 0 bridgehead atoms. The van der Waals surface area contributed by atoms with Crippen molar-refractivity contribution in [1.29, 1.82) is 0 Å². The number of rotatable bonds is 1. The highest BCUT2D eigenvalue weighted by Crippen LogP contribution is 2.31. The number of nitrogen functional groups attached to an aromatic ring is 1. The number of anilines is 1. The summed E-state index contributed by atoms with van der Waals surface area (Å²) in [5.74, 6) is 0.